The van der Waals surface area contributed by atoms with Crippen molar-refractivity contribution in [1.29, 1.82) is 0 Å². The molecule has 1 rings (SSSR count). The van der Waals surface area contributed by atoms with E-state index in [1.165, 1.54) is 18.2 Å². The number of alkyl halides is 3. The van der Waals surface area contributed by atoms with Gasteiger partial charge in [0.1, 0.15) is 0 Å². The summed E-state index contributed by atoms with van der Waals surface area (Å²) in [7, 11) is 0. The Balaban J connectivity index is 2.66. The molecule has 0 aliphatic rings. The number of nitrogens with one attached hydrogen (secondary N) is 2. The first kappa shape index (κ1) is 15.3. The molecule has 1 aromatic rings. The lowest BCUT2D eigenvalue weighted by molar-refractivity contribution is -0.137. The quantitative estimate of drug-likeness (QED) is 0.866. The molecule has 1 unspecified atom stereocenters. The van der Waals surface area contributed by atoms with E-state index < -0.39 is 11.7 Å². The summed E-state index contributed by atoms with van der Waals surface area (Å²) < 4.78 is 38.1. The van der Waals surface area contributed by atoms with Gasteiger partial charge in [0.15, 0.2) is 0 Å². The summed E-state index contributed by atoms with van der Waals surface area (Å²) in [6.45, 7) is 3.57. The van der Waals surface area contributed by atoms with Crippen LogP contribution >= 0.6 is 0 Å². The second-order valence-corrected chi connectivity index (χ2v) is 4.27. The van der Waals surface area contributed by atoms with Crippen LogP contribution in [0.5, 0.6) is 0 Å². The van der Waals surface area contributed by atoms with Gasteiger partial charge in [-0.3, -0.25) is 4.79 Å². The van der Waals surface area contributed by atoms with Gasteiger partial charge in [0.05, 0.1) is 12.1 Å². The minimum atomic E-state index is -4.43. The molecule has 6 heteroatoms. The van der Waals surface area contributed by atoms with E-state index in [1.54, 1.807) is 0 Å². The highest BCUT2D eigenvalue weighted by molar-refractivity contribution is 5.81. The predicted octanol–water partition coefficient (Wildman–Crippen LogP) is 3.03. The van der Waals surface area contributed by atoms with Crippen molar-refractivity contribution < 1.29 is 18.0 Å². The Morgan fingerprint density at radius 3 is 2.53 bits per heavy atom. The van der Waals surface area contributed by atoms with E-state index in [2.05, 4.69) is 10.6 Å². The van der Waals surface area contributed by atoms with Gasteiger partial charge in [-0.1, -0.05) is 19.1 Å². The molecular weight excluding hydrogens is 257 g/mol. The summed E-state index contributed by atoms with van der Waals surface area (Å²) in [5, 5.41) is 5.19. The molecule has 0 saturated carbocycles. The Kier molecular flexibility index (Phi) is 5.20. The lowest BCUT2D eigenvalue weighted by Crippen LogP contribution is -2.36. The van der Waals surface area contributed by atoms with Crippen molar-refractivity contribution in [2.24, 2.45) is 0 Å². The van der Waals surface area contributed by atoms with Crippen molar-refractivity contribution in [2.75, 3.05) is 11.9 Å². The van der Waals surface area contributed by atoms with Crippen LogP contribution in [0.1, 0.15) is 25.8 Å². The second kappa shape index (κ2) is 6.45. The topological polar surface area (TPSA) is 41.1 Å². The van der Waals surface area contributed by atoms with Gasteiger partial charge in [0.25, 0.3) is 0 Å². The third-order valence-electron chi connectivity index (χ3n) is 2.69. The third kappa shape index (κ3) is 4.81. The van der Waals surface area contributed by atoms with Crippen LogP contribution in [0, 0.1) is 0 Å². The van der Waals surface area contributed by atoms with Crippen LogP contribution in [0.25, 0.3) is 0 Å². The highest BCUT2D eigenvalue weighted by Gasteiger charge is 2.33. The van der Waals surface area contributed by atoms with Crippen LogP contribution in [0.4, 0.5) is 18.9 Å². The lowest BCUT2D eigenvalue weighted by atomic mass is 10.1. The molecule has 0 saturated heterocycles. The van der Waals surface area contributed by atoms with Crippen LogP contribution in [-0.4, -0.2) is 18.5 Å². The summed E-state index contributed by atoms with van der Waals surface area (Å²) in [5.41, 5.74) is -0.861. The molecule has 0 fully saturated rings. The second-order valence-electron chi connectivity index (χ2n) is 4.27. The maximum Gasteiger partial charge on any atom is 0.418 e. The van der Waals surface area contributed by atoms with Gasteiger partial charge >= 0.3 is 6.18 Å². The fourth-order valence-electron chi connectivity index (χ4n) is 1.49. The number of halogens is 3. The Labute approximate surface area is 110 Å². The van der Waals surface area contributed by atoms with E-state index in [0.29, 0.717) is 0 Å². The third-order valence-corrected chi connectivity index (χ3v) is 2.69. The fraction of sp³-hybridized carbons (Fsp3) is 0.462. The summed E-state index contributed by atoms with van der Waals surface area (Å²) in [6.07, 6.45) is -3.67. The number of carbonyl (C=O) groups excluding carboxylic acids is 1. The monoisotopic (exact) mass is 274 g/mol. The smallest absolute Gasteiger partial charge is 0.376 e. The summed E-state index contributed by atoms with van der Waals surface area (Å²) in [6, 6.07) is 5.10. The molecule has 0 radical (unpaired) electrons. The van der Waals surface area contributed by atoms with Crippen LogP contribution in [0.15, 0.2) is 24.3 Å². The van der Waals surface area contributed by atoms with Gasteiger partial charge in [-0.25, -0.2) is 0 Å². The highest BCUT2D eigenvalue weighted by Crippen LogP contribution is 2.34. The van der Waals surface area contributed by atoms with E-state index >= 15 is 0 Å². The van der Waals surface area contributed by atoms with E-state index in [0.717, 1.165) is 12.5 Å². The Morgan fingerprint density at radius 1 is 1.32 bits per heavy atom. The Morgan fingerprint density at radius 2 is 1.95 bits per heavy atom. The summed E-state index contributed by atoms with van der Waals surface area (Å²) >= 11 is 0. The zero-order chi connectivity index (χ0) is 14.5. The number of hydrogen-bond donors (Lipinski definition) is 2. The molecule has 2 N–H and O–H groups in total. The van der Waals surface area contributed by atoms with Crippen LogP contribution in [0.2, 0.25) is 0 Å². The standard InChI is InChI=1S/C13H17F3N2O/c1-3-9(2)18-12(19)8-17-11-7-5-4-6-10(11)13(14,15)16/h4-7,9,17H,3,8H2,1-2H3,(H,18,19). The molecule has 0 heterocycles. The molecule has 0 bridgehead atoms. The van der Waals surface area contributed by atoms with E-state index in [9.17, 15) is 18.0 Å². The van der Waals surface area contributed by atoms with Crippen molar-refractivity contribution in [1.82, 2.24) is 5.32 Å². The van der Waals surface area contributed by atoms with E-state index in [1.807, 2.05) is 13.8 Å². The number of para-hydroxylation sites is 1. The van der Waals surface area contributed by atoms with Crippen molar-refractivity contribution in [3.63, 3.8) is 0 Å². The minimum absolute atomic E-state index is 0.00663. The first-order chi connectivity index (χ1) is 8.84. The average molecular weight is 274 g/mol. The van der Waals surface area contributed by atoms with Gasteiger partial charge < -0.3 is 10.6 Å². The molecule has 3 nitrogen and oxygen atoms in total. The predicted molar refractivity (Wildman–Crippen MR) is 67.8 cm³/mol. The van der Waals surface area contributed by atoms with Crippen LogP contribution in [-0.2, 0) is 11.0 Å². The van der Waals surface area contributed by atoms with Gasteiger partial charge in [-0.2, -0.15) is 13.2 Å². The fourth-order valence-corrected chi connectivity index (χ4v) is 1.49. The number of benzene rings is 1. The van der Waals surface area contributed by atoms with Gasteiger partial charge in [-0.05, 0) is 25.5 Å². The molecule has 1 aromatic carbocycles. The zero-order valence-corrected chi connectivity index (χ0v) is 10.8. The zero-order valence-electron chi connectivity index (χ0n) is 10.8. The van der Waals surface area contributed by atoms with Crippen LogP contribution in [0.3, 0.4) is 0 Å². The maximum absolute atomic E-state index is 12.7. The molecule has 1 atom stereocenters. The Hall–Kier alpha value is -1.72. The maximum atomic E-state index is 12.7. The van der Waals surface area contributed by atoms with Gasteiger partial charge in [-0.15, -0.1) is 0 Å². The summed E-state index contributed by atoms with van der Waals surface area (Å²) in [4.78, 5) is 11.5. The molecule has 1 amide bonds. The largest absolute Gasteiger partial charge is 0.418 e. The molecule has 106 valence electrons. The molecule has 0 aromatic heterocycles. The van der Waals surface area contributed by atoms with Gasteiger partial charge in [0.2, 0.25) is 5.91 Å². The minimum Gasteiger partial charge on any atom is -0.376 e. The number of rotatable bonds is 5. The number of amides is 1. The molecule has 0 spiro atoms. The molecule has 0 aliphatic carbocycles. The average Bonchev–Trinajstić information content (AvgIpc) is 2.35. The van der Waals surface area contributed by atoms with Crippen molar-refractivity contribution in [3.05, 3.63) is 29.8 Å². The van der Waals surface area contributed by atoms with Crippen molar-refractivity contribution in [2.45, 2.75) is 32.5 Å². The Bertz CT molecular complexity index is 432. The van der Waals surface area contributed by atoms with E-state index in [-0.39, 0.29) is 24.2 Å². The lowest BCUT2D eigenvalue weighted by Gasteiger charge is -2.15. The SMILES string of the molecule is CCC(C)NC(=O)CNc1ccccc1C(F)(F)F. The van der Waals surface area contributed by atoms with Gasteiger partial charge in [0, 0.05) is 11.7 Å². The van der Waals surface area contributed by atoms with Crippen molar-refractivity contribution in [3.8, 4) is 0 Å². The number of hydrogen-bond acceptors (Lipinski definition) is 2. The summed E-state index contributed by atoms with van der Waals surface area (Å²) in [5.74, 6) is -0.327. The molecule has 0 aliphatic heterocycles. The van der Waals surface area contributed by atoms with Crippen molar-refractivity contribution >= 4 is 11.6 Å². The van der Waals surface area contributed by atoms with E-state index in [4.69, 9.17) is 0 Å². The molecule has 19 heavy (non-hydrogen) atoms. The normalized spacial score (nSPS) is 12.9. The van der Waals surface area contributed by atoms with Crippen LogP contribution < -0.4 is 10.6 Å². The number of carbonyl (C=O) groups is 1. The first-order valence-corrected chi connectivity index (χ1v) is 6.04. The first-order valence-electron chi connectivity index (χ1n) is 6.04. The number of anilines is 1. The highest BCUT2D eigenvalue weighted by atomic mass is 19.4. The molecular formula is C13H17F3N2O.